The maximum absolute atomic E-state index is 5.60. The topological polar surface area (TPSA) is 53.7 Å². The van der Waals surface area contributed by atoms with Crippen molar-refractivity contribution in [3.63, 3.8) is 0 Å². The Kier molecular flexibility index (Phi) is 5.63. The number of rotatable bonds is 7. The van der Waals surface area contributed by atoms with Crippen LogP contribution in [0.3, 0.4) is 0 Å². The van der Waals surface area contributed by atoms with Crippen LogP contribution < -0.4 is 19.9 Å². The highest BCUT2D eigenvalue weighted by Crippen LogP contribution is 2.35. The van der Waals surface area contributed by atoms with Crippen molar-refractivity contribution >= 4 is 0 Å². The van der Waals surface area contributed by atoms with Crippen LogP contribution in [-0.4, -0.2) is 27.4 Å². The summed E-state index contributed by atoms with van der Waals surface area (Å²) in [5.41, 5.74) is 6.64. The third kappa shape index (κ3) is 3.53. The van der Waals surface area contributed by atoms with Crippen LogP contribution in [0, 0.1) is 0 Å². The fourth-order valence-electron chi connectivity index (χ4n) is 1.68. The Bertz CT molecular complexity index is 353. The number of nitrogens with two attached hydrogens (primary N) is 1. The van der Waals surface area contributed by atoms with Gasteiger partial charge in [-0.25, -0.2) is 0 Å². The third-order valence-electron chi connectivity index (χ3n) is 2.52. The molecule has 1 rings (SSSR count). The molecule has 4 heteroatoms. The van der Waals surface area contributed by atoms with Crippen molar-refractivity contribution < 1.29 is 14.2 Å². The van der Waals surface area contributed by atoms with Gasteiger partial charge in [-0.2, -0.15) is 0 Å². The minimum Gasteiger partial charge on any atom is -0.493 e. The van der Waals surface area contributed by atoms with Gasteiger partial charge in [0, 0.05) is 6.07 Å². The molecule has 0 saturated carbocycles. The van der Waals surface area contributed by atoms with Crippen molar-refractivity contribution in [3.8, 4) is 17.2 Å². The molecule has 0 saturated heterocycles. The van der Waals surface area contributed by atoms with Crippen LogP contribution in [-0.2, 0) is 6.42 Å². The maximum Gasteiger partial charge on any atom is 0.164 e. The zero-order valence-corrected chi connectivity index (χ0v) is 10.8. The summed E-state index contributed by atoms with van der Waals surface area (Å²) >= 11 is 0. The molecule has 0 aromatic heterocycles. The molecule has 1 aromatic carbocycles. The molecule has 96 valence electrons. The Hall–Kier alpha value is -1.42. The van der Waals surface area contributed by atoms with E-state index >= 15 is 0 Å². The molecule has 0 aliphatic heterocycles. The standard InChI is InChI=1S/C13H21NO3/c1-4-17-11-9-13(16-3)12(15-2)8-10(11)6-5-7-14/h8-9H,4-7,14H2,1-3H3. The second-order valence-electron chi connectivity index (χ2n) is 3.64. The first-order valence-corrected chi connectivity index (χ1v) is 5.84. The molecule has 0 unspecified atom stereocenters. The average Bonchev–Trinajstić information content (AvgIpc) is 2.37. The largest absolute Gasteiger partial charge is 0.493 e. The van der Waals surface area contributed by atoms with E-state index in [1.165, 1.54) is 0 Å². The molecule has 2 N–H and O–H groups in total. The van der Waals surface area contributed by atoms with Gasteiger partial charge in [-0.3, -0.25) is 0 Å². The lowest BCUT2D eigenvalue weighted by molar-refractivity contribution is 0.323. The highest BCUT2D eigenvalue weighted by atomic mass is 16.5. The number of hydrogen-bond acceptors (Lipinski definition) is 4. The van der Waals surface area contributed by atoms with Gasteiger partial charge in [0.1, 0.15) is 5.75 Å². The van der Waals surface area contributed by atoms with Gasteiger partial charge in [0.2, 0.25) is 0 Å². The van der Waals surface area contributed by atoms with Crippen LogP contribution in [0.15, 0.2) is 12.1 Å². The van der Waals surface area contributed by atoms with Crippen LogP contribution in [0.5, 0.6) is 17.2 Å². The van der Waals surface area contributed by atoms with Gasteiger partial charge in [-0.15, -0.1) is 0 Å². The van der Waals surface area contributed by atoms with Gasteiger partial charge in [0.05, 0.1) is 20.8 Å². The SMILES string of the molecule is CCOc1cc(OC)c(OC)cc1CCCN. The lowest BCUT2D eigenvalue weighted by Crippen LogP contribution is -2.04. The van der Waals surface area contributed by atoms with E-state index in [1.54, 1.807) is 14.2 Å². The summed E-state index contributed by atoms with van der Waals surface area (Å²) in [4.78, 5) is 0. The third-order valence-corrected chi connectivity index (χ3v) is 2.52. The highest BCUT2D eigenvalue weighted by Gasteiger charge is 2.11. The number of benzene rings is 1. The van der Waals surface area contributed by atoms with Crippen molar-refractivity contribution in [3.05, 3.63) is 17.7 Å². The van der Waals surface area contributed by atoms with E-state index in [0.717, 1.165) is 29.9 Å². The van der Waals surface area contributed by atoms with Gasteiger partial charge in [0.15, 0.2) is 11.5 Å². The Morgan fingerprint density at radius 1 is 1.06 bits per heavy atom. The average molecular weight is 239 g/mol. The van der Waals surface area contributed by atoms with Crippen molar-refractivity contribution in [2.45, 2.75) is 19.8 Å². The zero-order chi connectivity index (χ0) is 12.7. The smallest absolute Gasteiger partial charge is 0.164 e. The quantitative estimate of drug-likeness (QED) is 0.790. The zero-order valence-electron chi connectivity index (χ0n) is 10.8. The van der Waals surface area contributed by atoms with E-state index in [0.29, 0.717) is 18.9 Å². The van der Waals surface area contributed by atoms with E-state index in [9.17, 15) is 0 Å². The Labute approximate surface area is 103 Å². The summed E-state index contributed by atoms with van der Waals surface area (Å²) in [6.45, 7) is 3.26. The number of hydrogen-bond donors (Lipinski definition) is 1. The molecule has 0 aliphatic carbocycles. The summed E-state index contributed by atoms with van der Waals surface area (Å²) < 4.78 is 16.1. The fraction of sp³-hybridized carbons (Fsp3) is 0.538. The Morgan fingerprint density at radius 2 is 1.71 bits per heavy atom. The van der Waals surface area contributed by atoms with E-state index in [4.69, 9.17) is 19.9 Å². The number of aryl methyl sites for hydroxylation is 1. The minimum absolute atomic E-state index is 0.630. The van der Waals surface area contributed by atoms with Gasteiger partial charge in [-0.1, -0.05) is 0 Å². The molecule has 0 aliphatic rings. The molecule has 0 radical (unpaired) electrons. The predicted molar refractivity (Wildman–Crippen MR) is 68.1 cm³/mol. The summed E-state index contributed by atoms with van der Waals surface area (Å²) in [6, 6.07) is 3.83. The van der Waals surface area contributed by atoms with Gasteiger partial charge in [0.25, 0.3) is 0 Å². The molecule has 0 atom stereocenters. The molecule has 1 aromatic rings. The summed E-state index contributed by atoms with van der Waals surface area (Å²) in [5.74, 6) is 2.26. The van der Waals surface area contributed by atoms with Crippen LogP contribution in [0.2, 0.25) is 0 Å². The van der Waals surface area contributed by atoms with Crippen molar-refractivity contribution in [1.29, 1.82) is 0 Å². The van der Waals surface area contributed by atoms with Crippen LogP contribution in [0.1, 0.15) is 18.9 Å². The molecule has 4 nitrogen and oxygen atoms in total. The van der Waals surface area contributed by atoms with Gasteiger partial charge in [-0.05, 0) is 37.9 Å². The Balaban J connectivity index is 3.05. The van der Waals surface area contributed by atoms with E-state index in [2.05, 4.69) is 0 Å². The molecule has 0 heterocycles. The predicted octanol–water partition coefficient (Wildman–Crippen LogP) is 1.99. The Morgan fingerprint density at radius 3 is 2.24 bits per heavy atom. The van der Waals surface area contributed by atoms with Crippen molar-refractivity contribution in [2.75, 3.05) is 27.4 Å². The fourth-order valence-corrected chi connectivity index (χ4v) is 1.68. The molecule has 0 fully saturated rings. The summed E-state index contributed by atoms with van der Waals surface area (Å²) in [6.07, 6.45) is 1.81. The molecule has 0 bridgehead atoms. The minimum atomic E-state index is 0.630. The molecule has 0 amide bonds. The monoisotopic (exact) mass is 239 g/mol. The lowest BCUT2D eigenvalue weighted by atomic mass is 10.1. The maximum atomic E-state index is 5.60. The van der Waals surface area contributed by atoms with Crippen LogP contribution in [0.25, 0.3) is 0 Å². The summed E-state index contributed by atoms with van der Waals surface area (Å²) in [7, 11) is 3.25. The number of methoxy groups -OCH3 is 2. The van der Waals surface area contributed by atoms with Crippen molar-refractivity contribution in [1.82, 2.24) is 0 Å². The van der Waals surface area contributed by atoms with E-state index in [1.807, 2.05) is 19.1 Å². The highest BCUT2D eigenvalue weighted by molar-refractivity contribution is 5.50. The molecular weight excluding hydrogens is 218 g/mol. The molecule has 0 spiro atoms. The van der Waals surface area contributed by atoms with E-state index in [-0.39, 0.29) is 0 Å². The first kappa shape index (κ1) is 13.6. The van der Waals surface area contributed by atoms with Gasteiger partial charge >= 0.3 is 0 Å². The van der Waals surface area contributed by atoms with Crippen LogP contribution >= 0.6 is 0 Å². The first-order valence-electron chi connectivity index (χ1n) is 5.84. The van der Waals surface area contributed by atoms with Gasteiger partial charge < -0.3 is 19.9 Å². The van der Waals surface area contributed by atoms with Crippen LogP contribution in [0.4, 0.5) is 0 Å². The van der Waals surface area contributed by atoms with Crippen molar-refractivity contribution in [2.24, 2.45) is 5.73 Å². The molecular formula is C13H21NO3. The van der Waals surface area contributed by atoms with E-state index < -0.39 is 0 Å². The summed E-state index contributed by atoms with van der Waals surface area (Å²) in [5, 5.41) is 0. The normalized spacial score (nSPS) is 10.1. The molecule has 17 heavy (non-hydrogen) atoms. The number of ether oxygens (including phenoxy) is 3. The first-order chi connectivity index (χ1) is 8.26. The second-order valence-corrected chi connectivity index (χ2v) is 3.64. The second kappa shape index (κ2) is 7.01. The lowest BCUT2D eigenvalue weighted by Gasteiger charge is -2.14.